The molecule has 0 unspecified atom stereocenters. The largest absolute Gasteiger partial charge is 0.321 e. The lowest BCUT2D eigenvalue weighted by molar-refractivity contribution is 0.586. The normalized spacial score (nSPS) is 12.6. The van der Waals surface area contributed by atoms with E-state index < -0.39 is 25.9 Å². The highest BCUT2D eigenvalue weighted by molar-refractivity contribution is 7.89. The molecule has 0 aliphatic carbocycles. The molecule has 0 atom stereocenters. The van der Waals surface area contributed by atoms with Gasteiger partial charge in [0.1, 0.15) is 0 Å². The highest BCUT2D eigenvalue weighted by Crippen LogP contribution is 2.25. The average Bonchev–Trinajstić information content (AvgIpc) is 3.04. The summed E-state index contributed by atoms with van der Waals surface area (Å²) in [5, 5.41) is 11.4. The van der Waals surface area contributed by atoms with Crippen molar-refractivity contribution in [2.45, 2.75) is 23.6 Å². The smallest absolute Gasteiger partial charge is 0.240 e. The molecule has 17 heteroatoms. The Morgan fingerprint density at radius 3 is 1.60 bits per heavy atom. The van der Waals surface area contributed by atoms with Crippen LogP contribution >= 0.6 is 11.6 Å². The maximum atomic E-state index is 14.6. The van der Waals surface area contributed by atoms with Crippen LogP contribution in [0.4, 0.5) is 27.7 Å². The van der Waals surface area contributed by atoms with Gasteiger partial charge in [0, 0.05) is 6.07 Å². The lowest BCUT2D eigenvalue weighted by Gasteiger charge is -2.11. The quantitative estimate of drug-likeness (QED) is 0.107. The molecule has 13 nitrogen and oxygen atoms in total. The summed E-state index contributed by atoms with van der Waals surface area (Å²) in [5.41, 5.74) is 8.04. The molecule has 0 fully saturated rings. The van der Waals surface area contributed by atoms with Gasteiger partial charge in [0.2, 0.25) is 26.0 Å². The maximum Gasteiger partial charge on any atom is 0.240 e. The van der Waals surface area contributed by atoms with Crippen LogP contribution in [0.5, 0.6) is 0 Å². The van der Waals surface area contributed by atoms with Gasteiger partial charge in [-0.25, -0.2) is 30.7 Å². The number of anilines is 4. The van der Waals surface area contributed by atoms with Crippen molar-refractivity contribution >= 4 is 66.3 Å². The minimum absolute atomic E-state index is 0.00683. The summed E-state index contributed by atoms with van der Waals surface area (Å²) in [5.74, 6) is -0.278. The Kier molecular flexibility index (Phi) is 10.5. The molecule has 1 heterocycles. The SMILES string of the molecule is CNS(=O)(=O)c1ccc(C(C)=NNc2cc(NN=C(C)c3ccc(S(=O)(=O)NC)cc3)nc(Nc3cccc(Cl)c3F)n2)cc1. The Balaban J connectivity index is 1.61. The van der Waals surface area contributed by atoms with E-state index in [1.54, 1.807) is 44.2 Å². The zero-order valence-electron chi connectivity index (χ0n) is 24.4. The molecule has 0 spiro atoms. The molecule has 1 aromatic heterocycles. The van der Waals surface area contributed by atoms with Gasteiger partial charge in [-0.3, -0.25) is 10.9 Å². The second-order valence-electron chi connectivity index (χ2n) is 9.27. The van der Waals surface area contributed by atoms with Crippen LogP contribution in [0.3, 0.4) is 0 Å². The van der Waals surface area contributed by atoms with Crippen LogP contribution in [0.1, 0.15) is 25.0 Å². The van der Waals surface area contributed by atoms with E-state index in [1.807, 2.05) is 0 Å². The Labute approximate surface area is 265 Å². The van der Waals surface area contributed by atoms with Gasteiger partial charge in [0.25, 0.3) is 0 Å². The fourth-order valence-corrected chi connectivity index (χ4v) is 5.37. The summed E-state index contributed by atoms with van der Waals surface area (Å²) in [7, 11) is -4.51. The van der Waals surface area contributed by atoms with Crippen molar-refractivity contribution in [1.29, 1.82) is 0 Å². The molecule has 45 heavy (non-hydrogen) atoms. The van der Waals surface area contributed by atoms with Crippen molar-refractivity contribution in [3.05, 3.63) is 94.8 Å². The van der Waals surface area contributed by atoms with E-state index in [1.165, 1.54) is 56.6 Å². The predicted octanol–water partition coefficient (Wildman–Crippen LogP) is 4.50. The van der Waals surface area contributed by atoms with Crippen molar-refractivity contribution in [1.82, 2.24) is 19.4 Å². The monoisotopic (exact) mass is 673 g/mol. The third-order valence-electron chi connectivity index (χ3n) is 6.30. The first kappa shape index (κ1) is 33.4. The number of nitrogens with one attached hydrogen (secondary N) is 5. The van der Waals surface area contributed by atoms with Crippen LogP contribution in [0.2, 0.25) is 5.02 Å². The number of halogens is 2. The molecule has 0 bridgehead atoms. The first-order valence-electron chi connectivity index (χ1n) is 13.1. The van der Waals surface area contributed by atoms with Crippen LogP contribution in [0, 0.1) is 5.82 Å². The van der Waals surface area contributed by atoms with Crippen molar-refractivity contribution in [2.24, 2.45) is 10.2 Å². The van der Waals surface area contributed by atoms with Gasteiger partial charge in [-0.1, -0.05) is 41.9 Å². The van der Waals surface area contributed by atoms with E-state index in [0.717, 1.165) is 0 Å². The predicted molar refractivity (Wildman–Crippen MR) is 174 cm³/mol. The van der Waals surface area contributed by atoms with Crippen LogP contribution in [-0.2, 0) is 20.0 Å². The van der Waals surface area contributed by atoms with E-state index in [9.17, 15) is 21.2 Å². The number of hydrogen-bond donors (Lipinski definition) is 5. The van der Waals surface area contributed by atoms with Crippen LogP contribution < -0.4 is 25.6 Å². The molecular formula is C28H29ClFN9O4S2. The molecular weight excluding hydrogens is 645 g/mol. The molecule has 3 aromatic carbocycles. The van der Waals surface area contributed by atoms with Gasteiger partial charge in [-0.2, -0.15) is 20.2 Å². The second-order valence-corrected chi connectivity index (χ2v) is 13.5. The zero-order chi connectivity index (χ0) is 32.8. The molecule has 4 aromatic rings. The number of sulfonamides is 2. The molecule has 0 aliphatic heterocycles. The molecule has 0 aliphatic rings. The van der Waals surface area contributed by atoms with Crippen molar-refractivity contribution in [3.8, 4) is 0 Å². The van der Waals surface area contributed by atoms with Gasteiger partial charge >= 0.3 is 0 Å². The maximum absolute atomic E-state index is 14.6. The van der Waals surface area contributed by atoms with E-state index in [4.69, 9.17) is 11.6 Å². The summed E-state index contributed by atoms with van der Waals surface area (Å²) in [6.45, 7) is 3.44. The lowest BCUT2D eigenvalue weighted by Crippen LogP contribution is -2.18. The molecule has 0 saturated carbocycles. The highest BCUT2D eigenvalue weighted by atomic mass is 35.5. The van der Waals surface area contributed by atoms with Crippen LogP contribution in [0.15, 0.2) is 92.8 Å². The van der Waals surface area contributed by atoms with Gasteiger partial charge in [0.15, 0.2) is 17.5 Å². The molecule has 5 N–H and O–H groups in total. The molecule has 0 saturated heterocycles. The standard InChI is InChI=1S/C28H29ClFN9O4S2/c1-17(19-8-12-21(13-9-19)44(40,41)31-3)36-38-25-16-26(35-28(34-25)33-24-7-5-6-23(29)27(24)30)39-37-18(2)20-10-14-22(15-11-20)45(42,43)32-4/h5-16,31-32H,1-4H3,(H3,33,34,35,38,39). The van der Waals surface area contributed by atoms with Gasteiger partial charge in [-0.05, 0) is 75.5 Å². The summed E-state index contributed by atoms with van der Waals surface area (Å²) < 4.78 is 67.2. The fourth-order valence-electron chi connectivity index (χ4n) is 3.74. The summed E-state index contributed by atoms with van der Waals surface area (Å²) in [4.78, 5) is 8.94. The Morgan fingerprint density at radius 1 is 0.733 bits per heavy atom. The van der Waals surface area contributed by atoms with Gasteiger partial charge in [0.05, 0.1) is 31.9 Å². The van der Waals surface area contributed by atoms with Crippen LogP contribution in [-0.4, -0.2) is 52.3 Å². The van der Waals surface area contributed by atoms with E-state index >= 15 is 0 Å². The minimum Gasteiger partial charge on any atom is -0.321 e. The first-order valence-corrected chi connectivity index (χ1v) is 16.5. The Hall–Kier alpha value is -4.48. The summed E-state index contributed by atoms with van der Waals surface area (Å²) >= 11 is 5.92. The number of rotatable bonds is 12. The third kappa shape index (κ3) is 8.37. The number of hydrazone groups is 2. The third-order valence-corrected chi connectivity index (χ3v) is 9.46. The topological polar surface area (TPSA) is 179 Å². The van der Waals surface area contributed by atoms with Crippen molar-refractivity contribution in [3.63, 3.8) is 0 Å². The Bertz CT molecular complexity index is 1860. The molecule has 0 radical (unpaired) electrons. The lowest BCUT2D eigenvalue weighted by atomic mass is 10.1. The Morgan fingerprint density at radius 2 is 1.18 bits per heavy atom. The van der Waals surface area contributed by atoms with Gasteiger partial charge in [-0.15, -0.1) is 0 Å². The number of hydrogen-bond acceptors (Lipinski definition) is 11. The van der Waals surface area contributed by atoms with Crippen molar-refractivity contribution in [2.75, 3.05) is 30.3 Å². The molecule has 0 amide bonds. The molecule has 236 valence electrons. The van der Waals surface area contributed by atoms with E-state index in [2.05, 4.69) is 45.8 Å². The highest BCUT2D eigenvalue weighted by Gasteiger charge is 2.14. The second kappa shape index (κ2) is 14.1. The number of benzene rings is 3. The summed E-state index contributed by atoms with van der Waals surface area (Å²) in [6.07, 6.45) is 0. The minimum atomic E-state index is -3.58. The molecule has 4 rings (SSSR count). The number of nitrogens with zero attached hydrogens (tertiary/aromatic N) is 4. The van der Waals surface area contributed by atoms with Crippen molar-refractivity contribution < 1.29 is 21.2 Å². The zero-order valence-corrected chi connectivity index (χ0v) is 26.8. The summed E-state index contributed by atoms with van der Waals surface area (Å²) in [6, 6.07) is 18.3. The van der Waals surface area contributed by atoms with E-state index in [0.29, 0.717) is 22.6 Å². The average molecular weight is 674 g/mol. The number of aromatic nitrogens is 2. The van der Waals surface area contributed by atoms with Crippen LogP contribution in [0.25, 0.3) is 0 Å². The van der Waals surface area contributed by atoms with E-state index in [-0.39, 0.29) is 38.1 Å². The van der Waals surface area contributed by atoms with Gasteiger partial charge < -0.3 is 5.32 Å². The fraction of sp³-hybridized carbons (Fsp3) is 0.143. The first-order chi connectivity index (χ1) is 21.3.